The topological polar surface area (TPSA) is 15.8 Å². The molecular formula is C12H14BrN. The van der Waals surface area contributed by atoms with Crippen LogP contribution in [0.5, 0.6) is 0 Å². The zero-order valence-corrected chi connectivity index (χ0v) is 9.89. The van der Waals surface area contributed by atoms with Gasteiger partial charge in [-0.25, -0.2) is 0 Å². The minimum atomic E-state index is 1.15. The van der Waals surface area contributed by atoms with E-state index in [0.29, 0.717) is 0 Å². The summed E-state index contributed by atoms with van der Waals surface area (Å²) in [4.78, 5) is 3.32. The van der Waals surface area contributed by atoms with E-state index in [-0.39, 0.29) is 0 Å². The highest BCUT2D eigenvalue weighted by Gasteiger charge is 2.04. The van der Waals surface area contributed by atoms with Gasteiger partial charge in [-0.2, -0.15) is 0 Å². The molecule has 0 aliphatic carbocycles. The molecule has 0 radical (unpaired) electrons. The standard InChI is InChI=1S/C12H14BrN/c1-2-3-5-9-8-14-12-10(9)6-4-7-11(12)13/h4,6-8,14H,2-3,5H2,1H3. The van der Waals surface area contributed by atoms with E-state index in [1.165, 1.54) is 35.7 Å². The lowest BCUT2D eigenvalue weighted by Gasteiger charge is -1.97. The van der Waals surface area contributed by atoms with Crippen LogP contribution in [-0.4, -0.2) is 4.98 Å². The van der Waals surface area contributed by atoms with Crippen LogP contribution in [0.15, 0.2) is 28.9 Å². The summed E-state index contributed by atoms with van der Waals surface area (Å²) >= 11 is 3.55. The number of hydrogen-bond acceptors (Lipinski definition) is 0. The largest absolute Gasteiger partial charge is 0.360 e. The lowest BCUT2D eigenvalue weighted by atomic mass is 10.1. The van der Waals surface area contributed by atoms with Gasteiger partial charge in [-0.15, -0.1) is 0 Å². The number of aromatic nitrogens is 1. The average Bonchev–Trinajstić information content (AvgIpc) is 2.60. The van der Waals surface area contributed by atoms with Crippen LogP contribution >= 0.6 is 15.9 Å². The molecule has 1 aromatic carbocycles. The van der Waals surface area contributed by atoms with Gasteiger partial charge in [-0.05, 0) is 40.4 Å². The second-order valence-electron chi connectivity index (χ2n) is 3.58. The summed E-state index contributed by atoms with van der Waals surface area (Å²) in [5, 5.41) is 1.35. The number of benzene rings is 1. The maximum absolute atomic E-state index is 3.55. The second kappa shape index (κ2) is 4.18. The number of nitrogens with one attached hydrogen (secondary N) is 1. The minimum absolute atomic E-state index is 1.15. The van der Waals surface area contributed by atoms with Crippen LogP contribution in [0.1, 0.15) is 25.3 Å². The van der Waals surface area contributed by atoms with Crippen molar-refractivity contribution < 1.29 is 0 Å². The Kier molecular flexibility index (Phi) is 2.92. The predicted octanol–water partition coefficient (Wildman–Crippen LogP) is 4.27. The van der Waals surface area contributed by atoms with Crippen LogP contribution < -0.4 is 0 Å². The van der Waals surface area contributed by atoms with Crippen molar-refractivity contribution in [2.24, 2.45) is 0 Å². The van der Waals surface area contributed by atoms with Gasteiger partial charge in [-0.3, -0.25) is 0 Å². The second-order valence-corrected chi connectivity index (χ2v) is 4.43. The average molecular weight is 252 g/mol. The van der Waals surface area contributed by atoms with E-state index in [9.17, 15) is 0 Å². The first-order valence-electron chi connectivity index (χ1n) is 5.07. The van der Waals surface area contributed by atoms with Crippen molar-refractivity contribution in [3.05, 3.63) is 34.4 Å². The summed E-state index contributed by atoms with van der Waals surface area (Å²) in [7, 11) is 0. The van der Waals surface area contributed by atoms with Crippen molar-refractivity contribution in [3.63, 3.8) is 0 Å². The van der Waals surface area contributed by atoms with E-state index in [1.54, 1.807) is 0 Å². The Balaban J connectivity index is 2.42. The molecule has 2 rings (SSSR count). The van der Waals surface area contributed by atoms with Crippen LogP contribution in [0.3, 0.4) is 0 Å². The molecule has 14 heavy (non-hydrogen) atoms. The lowest BCUT2D eigenvalue weighted by molar-refractivity contribution is 0.799. The van der Waals surface area contributed by atoms with E-state index < -0.39 is 0 Å². The quantitative estimate of drug-likeness (QED) is 0.839. The molecule has 0 aliphatic rings. The predicted molar refractivity (Wildman–Crippen MR) is 64.6 cm³/mol. The highest BCUT2D eigenvalue weighted by atomic mass is 79.9. The van der Waals surface area contributed by atoms with E-state index in [4.69, 9.17) is 0 Å². The molecule has 74 valence electrons. The molecular weight excluding hydrogens is 238 g/mol. The molecule has 2 aromatic rings. The molecule has 0 unspecified atom stereocenters. The monoisotopic (exact) mass is 251 g/mol. The maximum Gasteiger partial charge on any atom is 0.0601 e. The molecule has 2 heteroatoms. The molecule has 0 saturated carbocycles. The van der Waals surface area contributed by atoms with E-state index in [1.807, 2.05) is 0 Å². The smallest absolute Gasteiger partial charge is 0.0601 e. The molecule has 0 saturated heterocycles. The number of aryl methyl sites for hydroxylation is 1. The van der Waals surface area contributed by atoms with Gasteiger partial charge < -0.3 is 4.98 Å². The Morgan fingerprint density at radius 2 is 2.21 bits per heavy atom. The van der Waals surface area contributed by atoms with Crippen molar-refractivity contribution >= 4 is 26.8 Å². The third kappa shape index (κ3) is 1.71. The Morgan fingerprint density at radius 1 is 1.36 bits per heavy atom. The van der Waals surface area contributed by atoms with Gasteiger partial charge in [0.25, 0.3) is 0 Å². The number of unbranched alkanes of at least 4 members (excludes halogenated alkanes) is 1. The molecule has 0 amide bonds. The van der Waals surface area contributed by atoms with E-state index >= 15 is 0 Å². The fourth-order valence-electron chi connectivity index (χ4n) is 1.75. The number of rotatable bonds is 3. The lowest BCUT2D eigenvalue weighted by Crippen LogP contribution is -1.81. The normalized spacial score (nSPS) is 11.0. The van der Waals surface area contributed by atoms with Crippen LogP contribution in [0.25, 0.3) is 10.9 Å². The zero-order valence-electron chi connectivity index (χ0n) is 8.31. The summed E-state index contributed by atoms with van der Waals surface area (Å²) in [6.45, 7) is 2.23. The molecule has 0 bridgehead atoms. The number of para-hydroxylation sites is 1. The van der Waals surface area contributed by atoms with Crippen molar-refractivity contribution in [1.82, 2.24) is 4.98 Å². The number of fused-ring (bicyclic) bond motifs is 1. The Hall–Kier alpha value is -0.760. The van der Waals surface area contributed by atoms with Gasteiger partial charge in [0.05, 0.1) is 5.52 Å². The highest BCUT2D eigenvalue weighted by molar-refractivity contribution is 9.10. The van der Waals surface area contributed by atoms with Crippen molar-refractivity contribution in [3.8, 4) is 0 Å². The SMILES string of the molecule is CCCCc1c[nH]c2c(Br)cccc12. The summed E-state index contributed by atoms with van der Waals surface area (Å²) < 4.78 is 1.15. The number of H-pyrrole nitrogens is 1. The molecule has 1 heterocycles. The number of hydrogen-bond donors (Lipinski definition) is 1. The summed E-state index contributed by atoms with van der Waals surface area (Å²) in [6, 6.07) is 6.35. The van der Waals surface area contributed by atoms with Crippen LogP contribution in [0.4, 0.5) is 0 Å². The van der Waals surface area contributed by atoms with Crippen LogP contribution in [0, 0.1) is 0 Å². The summed E-state index contributed by atoms with van der Waals surface area (Å²) in [5.74, 6) is 0. The molecule has 1 nitrogen and oxygen atoms in total. The van der Waals surface area contributed by atoms with Crippen molar-refractivity contribution in [2.45, 2.75) is 26.2 Å². The van der Waals surface area contributed by atoms with Gasteiger partial charge in [-0.1, -0.05) is 25.5 Å². The number of halogens is 1. The fraction of sp³-hybridized carbons (Fsp3) is 0.333. The van der Waals surface area contributed by atoms with Gasteiger partial charge in [0.2, 0.25) is 0 Å². The van der Waals surface area contributed by atoms with E-state index in [0.717, 1.165) is 4.47 Å². The zero-order chi connectivity index (χ0) is 9.97. The summed E-state index contributed by atoms with van der Waals surface area (Å²) in [6.07, 6.45) is 5.82. The third-order valence-corrected chi connectivity index (χ3v) is 3.21. The maximum atomic E-state index is 3.55. The van der Waals surface area contributed by atoms with Gasteiger partial charge in [0, 0.05) is 16.1 Å². The highest BCUT2D eigenvalue weighted by Crippen LogP contribution is 2.26. The first-order valence-corrected chi connectivity index (χ1v) is 5.86. The van der Waals surface area contributed by atoms with E-state index in [2.05, 4.69) is 52.2 Å². The Labute approximate surface area is 92.6 Å². The fourth-order valence-corrected chi connectivity index (χ4v) is 2.23. The molecule has 1 aromatic heterocycles. The number of aromatic amines is 1. The Bertz CT molecular complexity index is 431. The molecule has 0 aliphatic heterocycles. The Morgan fingerprint density at radius 3 is 3.00 bits per heavy atom. The molecule has 0 spiro atoms. The third-order valence-electron chi connectivity index (χ3n) is 2.55. The minimum Gasteiger partial charge on any atom is -0.360 e. The van der Waals surface area contributed by atoms with Crippen LogP contribution in [0.2, 0.25) is 0 Å². The van der Waals surface area contributed by atoms with Gasteiger partial charge in [0.15, 0.2) is 0 Å². The molecule has 1 N–H and O–H groups in total. The van der Waals surface area contributed by atoms with Gasteiger partial charge >= 0.3 is 0 Å². The first-order chi connectivity index (χ1) is 6.83. The van der Waals surface area contributed by atoms with Crippen molar-refractivity contribution in [1.29, 1.82) is 0 Å². The first kappa shape index (κ1) is 9.78. The summed E-state index contributed by atoms with van der Waals surface area (Å²) in [5.41, 5.74) is 2.65. The molecule has 0 fully saturated rings. The van der Waals surface area contributed by atoms with Gasteiger partial charge in [0.1, 0.15) is 0 Å². The molecule has 0 atom stereocenters. The van der Waals surface area contributed by atoms with Crippen molar-refractivity contribution in [2.75, 3.05) is 0 Å². The van der Waals surface area contributed by atoms with Crippen LogP contribution in [-0.2, 0) is 6.42 Å².